The van der Waals surface area contributed by atoms with Gasteiger partial charge in [0.25, 0.3) is 0 Å². The number of aromatic nitrogens is 1. The summed E-state index contributed by atoms with van der Waals surface area (Å²) in [5, 5.41) is 12.8. The number of oxazole rings is 1. The lowest BCUT2D eigenvalue weighted by Gasteiger charge is -2.09. The minimum Gasteiger partial charge on any atom is -0.489 e. The number of oxime groups is 1. The van der Waals surface area contributed by atoms with E-state index in [9.17, 15) is 4.79 Å². The van der Waals surface area contributed by atoms with Gasteiger partial charge in [-0.3, -0.25) is 4.79 Å². The van der Waals surface area contributed by atoms with Crippen molar-refractivity contribution in [2.45, 2.75) is 19.4 Å². The monoisotopic (exact) mass is 380 g/mol. The van der Waals surface area contributed by atoms with Gasteiger partial charge in [-0.25, -0.2) is 4.98 Å². The molecule has 0 aliphatic heterocycles. The van der Waals surface area contributed by atoms with E-state index in [1.54, 1.807) is 6.20 Å². The maximum absolute atomic E-state index is 10.6. The number of rotatable bonds is 9. The molecule has 1 heterocycles. The minimum atomic E-state index is -0.804. The van der Waals surface area contributed by atoms with Crippen LogP contribution in [0.2, 0.25) is 0 Å². The predicted octanol–water partition coefficient (Wildman–Crippen LogP) is 3.67. The van der Waals surface area contributed by atoms with Crippen LogP contribution in [0.1, 0.15) is 29.0 Å². The van der Waals surface area contributed by atoms with E-state index in [2.05, 4.69) is 10.1 Å². The standard InChI is InChI=1S/C21H20N2O5/c1-26-23-20(21-22-11-12-27-21)17-4-2-3-16(13-17)14-28-18-8-5-15(6-9-18)7-10-19(24)25/h2-6,8-9,11-13H,7,10,14H2,1H3,(H,24,25)/b23-20+. The van der Waals surface area contributed by atoms with Gasteiger partial charge in [0, 0.05) is 12.0 Å². The van der Waals surface area contributed by atoms with E-state index >= 15 is 0 Å². The topological polar surface area (TPSA) is 94.2 Å². The average molecular weight is 380 g/mol. The highest BCUT2D eigenvalue weighted by Gasteiger charge is 2.13. The SMILES string of the molecule is CO/N=C(\c1cccc(COc2ccc(CCC(=O)O)cc2)c1)c1ncco1. The Morgan fingerprint density at radius 1 is 1.18 bits per heavy atom. The van der Waals surface area contributed by atoms with Crippen LogP contribution in [0.4, 0.5) is 0 Å². The number of benzene rings is 2. The number of nitrogens with zero attached hydrogens (tertiary/aromatic N) is 2. The van der Waals surface area contributed by atoms with E-state index in [1.807, 2.05) is 48.5 Å². The van der Waals surface area contributed by atoms with Crippen LogP contribution < -0.4 is 4.74 Å². The lowest BCUT2D eigenvalue weighted by molar-refractivity contribution is -0.136. The third kappa shape index (κ3) is 5.20. The average Bonchev–Trinajstić information content (AvgIpc) is 3.24. The fourth-order valence-corrected chi connectivity index (χ4v) is 2.63. The van der Waals surface area contributed by atoms with Crippen LogP contribution >= 0.6 is 0 Å². The number of carboxylic acid groups (broad SMARTS) is 1. The Labute approximate surface area is 162 Å². The first-order chi connectivity index (χ1) is 13.7. The first-order valence-corrected chi connectivity index (χ1v) is 8.69. The van der Waals surface area contributed by atoms with Crippen molar-refractivity contribution in [1.82, 2.24) is 4.98 Å². The van der Waals surface area contributed by atoms with Gasteiger partial charge in [-0.2, -0.15) is 0 Å². The second-order valence-electron chi connectivity index (χ2n) is 5.99. The summed E-state index contributed by atoms with van der Waals surface area (Å²) in [7, 11) is 1.47. The molecule has 7 nitrogen and oxygen atoms in total. The highest BCUT2D eigenvalue weighted by molar-refractivity contribution is 6.09. The Morgan fingerprint density at radius 2 is 2.00 bits per heavy atom. The molecule has 0 bridgehead atoms. The molecule has 0 spiro atoms. The molecule has 0 saturated heterocycles. The van der Waals surface area contributed by atoms with Crippen LogP contribution in [-0.2, 0) is 22.7 Å². The van der Waals surface area contributed by atoms with Crippen LogP contribution in [0, 0.1) is 0 Å². The quantitative estimate of drug-likeness (QED) is 0.450. The molecule has 1 aromatic heterocycles. The number of hydrogen-bond donors (Lipinski definition) is 1. The molecule has 3 rings (SSSR count). The van der Waals surface area contributed by atoms with E-state index in [4.69, 9.17) is 19.1 Å². The van der Waals surface area contributed by atoms with Crippen LogP contribution in [0.3, 0.4) is 0 Å². The van der Waals surface area contributed by atoms with Crippen molar-refractivity contribution in [1.29, 1.82) is 0 Å². The summed E-state index contributed by atoms with van der Waals surface area (Å²) in [6, 6.07) is 15.1. The Bertz CT molecular complexity index is 934. The largest absolute Gasteiger partial charge is 0.489 e. The highest BCUT2D eigenvalue weighted by atomic mass is 16.6. The fourth-order valence-electron chi connectivity index (χ4n) is 2.63. The van der Waals surface area contributed by atoms with Gasteiger partial charge in [0.2, 0.25) is 5.89 Å². The van der Waals surface area contributed by atoms with Gasteiger partial charge in [0.1, 0.15) is 25.7 Å². The third-order valence-corrected chi connectivity index (χ3v) is 3.97. The van der Waals surface area contributed by atoms with Crippen molar-refractivity contribution in [3.8, 4) is 5.75 Å². The molecule has 28 heavy (non-hydrogen) atoms. The first kappa shape index (κ1) is 19.2. The van der Waals surface area contributed by atoms with Gasteiger partial charge in [0.15, 0.2) is 5.71 Å². The summed E-state index contributed by atoms with van der Waals surface area (Å²) in [5.74, 6) is 0.279. The van der Waals surface area contributed by atoms with E-state index < -0.39 is 5.97 Å². The van der Waals surface area contributed by atoms with Crippen LogP contribution in [-0.4, -0.2) is 28.9 Å². The Morgan fingerprint density at radius 3 is 2.68 bits per heavy atom. The molecule has 144 valence electrons. The first-order valence-electron chi connectivity index (χ1n) is 8.69. The van der Waals surface area contributed by atoms with E-state index in [-0.39, 0.29) is 6.42 Å². The summed E-state index contributed by atoms with van der Waals surface area (Å²) in [4.78, 5) is 19.7. The van der Waals surface area contributed by atoms with Crippen molar-refractivity contribution in [3.63, 3.8) is 0 Å². The zero-order chi connectivity index (χ0) is 19.8. The van der Waals surface area contributed by atoms with Crippen molar-refractivity contribution in [3.05, 3.63) is 83.6 Å². The number of ether oxygens (including phenoxy) is 1. The Hall–Kier alpha value is -3.61. The molecular formula is C21H20N2O5. The summed E-state index contributed by atoms with van der Waals surface area (Å²) in [5.41, 5.74) is 3.21. The van der Waals surface area contributed by atoms with Crippen molar-refractivity contribution < 1.29 is 23.9 Å². The molecule has 7 heteroatoms. The molecule has 0 fully saturated rings. The highest BCUT2D eigenvalue weighted by Crippen LogP contribution is 2.17. The van der Waals surface area contributed by atoms with Gasteiger partial charge in [-0.15, -0.1) is 0 Å². The Balaban J connectivity index is 1.66. The van der Waals surface area contributed by atoms with Gasteiger partial charge < -0.3 is 19.1 Å². The van der Waals surface area contributed by atoms with Crippen LogP contribution in [0.5, 0.6) is 5.75 Å². The molecule has 3 aromatic rings. The second-order valence-corrected chi connectivity index (χ2v) is 5.99. The molecule has 0 amide bonds. The van der Waals surface area contributed by atoms with Gasteiger partial charge in [0.05, 0.1) is 6.20 Å². The number of carbonyl (C=O) groups is 1. The zero-order valence-electron chi connectivity index (χ0n) is 15.4. The summed E-state index contributed by atoms with van der Waals surface area (Å²) in [6.07, 6.45) is 3.64. The molecule has 0 radical (unpaired) electrons. The minimum absolute atomic E-state index is 0.114. The molecule has 2 aromatic carbocycles. The van der Waals surface area contributed by atoms with Crippen LogP contribution in [0.25, 0.3) is 0 Å². The second kappa shape index (κ2) is 9.36. The maximum Gasteiger partial charge on any atom is 0.303 e. The van der Waals surface area contributed by atoms with Crippen molar-refractivity contribution in [2.24, 2.45) is 5.16 Å². The molecule has 1 N–H and O–H groups in total. The molecule has 0 atom stereocenters. The summed E-state index contributed by atoms with van der Waals surface area (Å²) >= 11 is 0. The lowest BCUT2D eigenvalue weighted by atomic mass is 10.1. The molecule has 0 aliphatic carbocycles. The fraction of sp³-hybridized carbons (Fsp3) is 0.190. The smallest absolute Gasteiger partial charge is 0.303 e. The van der Waals surface area contributed by atoms with Gasteiger partial charge in [-0.1, -0.05) is 35.5 Å². The predicted molar refractivity (Wildman–Crippen MR) is 102 cm³/mol. The van der Waals surface area contributed by atoms with E-state index in [1.165, 1.54) is 13.4 Å². The van der Waals surface area contributed by atoms with Gasteiger partial charge in [-0.05, 0) is 35.7 Å². The van der Waals surface area contributed by atoms with Crippen molar-refractivity contribution >= 4 is 11.7 Å². The number of aliphatic carboxylic acids is 1. The third-order valence-electron chi connectivity index (χ3n) is 3.97. The number of aryl methyl sites for hydroxylation is 1. The van der Waals surface area contributed by atoms with Gasteiger partial charge >= 0.3 is 5.97 Å². The van der Waals surface area contributed by atoms with Crippen LogP contribution in [0.15, 0.2) is 70.6 Å². The number of hydrogen-bond acceptors (Lipinski definition) is 6. The maximum atomic E-state index is 10.6. The zero-order valence-corrected chi connectivity index (χ0v) is 15.4. The molecular weight excluding hydrogens is 360 g/mol. The summed E-state index contributed by atoms with van der Waals surface area (Å²) in [6.45, 7) is 0.369. The molecule has 0 aliphatic rings. The lowest BCUT2D eigenvalue weighted by Crippen LogP contribution is -2.06. The van der Waals surface area contributed by atoms with Crippen molar-refractivity contribution in [2.75, 3.05) is 7.11 Å². The van der Waals surface area contributed by atoms with E-state index in [0.717, 1.165) is 16.7 Å². The Kier molecular flexibility index (Phi) is 6.41. The summed E-state index contributed by atoms with van der Waals surface area (Å²) < 4.78 is 11.2. The molecule has 0 unspecified atom stereocenters. The number of carboxylic acids is 1. The van der Waals surface area contributed by atoms with E-state index in [0.29, 0.717) is 30.4 Å². The molecule has 0 saturated carbocycles. The normalized spacial score (nSPS) is 11.2.